The van der Waals surface area contributed by atoms with Crippen LogP contribution in [0.3, 0.4) is 0 Å². The lowest BCUT2D eigenvalue weighted by molar-refractivity contribution is 1.10. The summed E-state index contributed by atoms with van der Waals surface area (Å²) in [5.41, 5.74) is 1.80. The topological polar surface area (TPSA) is 99.3 Å². The Balaban J connectivity index is 1.88. The first-order valence-corrected chi connectivity index (χ1v) is 8.58. The van der Waals surface area contributed by atoms with Crippen molar-refractivity contribution < 1.29 is 0 Å². The number of aryl methyl sites for hydroxylation is 1. The number of amidine groups is 1. The summed E-state index contributed by atoms with van der Waals surface area (Å²) < 4.78 is 0. The van der Waals surface area contributed by atoms with Crippen molar-refractivity contribution in [3.63, 3.8) is 0 Å². The lowest BCUT2D eigenvalue weighted by Crippen LogP contribution is -2.27. The minimum absolute atomic E-state index is 0.354. The summed E-state index contributed by atoms with van der Waals surface area (Å²) in [6.45, 7) is 1.86. The molecule has 1 aliphatic rings. The van der Waals surface area contributed by atoms with Crippen molar-refractivity contribution in [2.45, 2.75) is 6.92 Å². The first kappa shape index (κ1) is 17.3. The molecule has 1 aromatic carbocycles. The average molecular weight is 396 g/mol. The van der Waals surface area contributed by atoms with Gasteiger partial charge in [-0.3, -0.25) is 5.41 Å². The van der Waals surface area contributed by atoms with Gasteiger partial charge < -0.3 is 5.32 Å². The van der Waals surface area contributed by atoms with Crippen LogP contribution in [0.2, 0.25) is 10.0 Å². The molecule has 0 radical (unpaired) electrons. The molecule has 132 valence electrons. The standard InChI is InChI=1S/C18H11Cl2N7/c1-9-5-13(24-8-23-9)25-18-16-15(10(6-21)7-22-18)26-17(27-16)14-11(19)3-2-4-12(14)20/h2-5,7-8,21H,1H3,(H,23,24,25). The number of aromatic nitrogens is 3. The van der Waals surface area contributed by atoms with E-state index in [9.17, 15) is 0 Å². The number of nitrogens with zero attached hydrogens (tertiary/aromatic N) is 5. The molecule has 0 unspecified atom stereocenters. The van der Waals surface area contributed by atoms with E-state index in [4.69, 9.17) is 28.6 Å². The molecule has 3 heterocycles. The summed E-state index contributed by atoms with van der Waals surface area (Å²) in [6.07, 6.45) is 2.96. The van der Waals surface area contributed by atoms with Crippen LogP contribution in [0.1, 0.15) is 11.3 Å². The van der Waals surface area contributed by atoms with Crippen LogP contribution in [-0.2, 0) is 0 Å². The third-order valence-electron chi connectivity index (χ3n) is 3.83. The van der Waals surface area contributed by atoms with Gasteiger partial charge in [-0.1, -0.05) is 29.3 Å². The highest BCUT2D eigenvalue weighted by Crippen LogP contribution is 2.30. The molecule has 0 bridgehead atoms. The fourth-order valence-electron chi connectivity index (χ4n) is 2.60. The molecule has 0 atom stereocenters. The minimum atomic E-state index is 0.354. The normalized spacial score (nSPS) is 12.0. The molecule has 0 amide bonds. The molecule has 0 fully saturated rings. The maximum absolute atomic E-state index is 7.49. The second kappa shape index (κ2) is 6.89. The van der Waals surface area contributed by atoms with Crippen LogP contribution in [0.25, 0.3) is 0 Å². The van der Waals surface area contributed by atoms with Gasteiger partial charge in [0.15, 0.2) is 11.7 Å². The SMILES string of the molecule is Cc1cc(Nc2ncc(=C=N)c3c2N=C(c2c(Cl)cccc2Cl)N=3)ncn1. The third kappa shape index (κ3) is 3.19. The van der Waals surface area contributed by atoms with Gasteiger partial charge in [0.2, 0.25) is 0 Å². The number of hydrogen-bond acceptors (Lipinski definition) is 7. The van der Waals surface area contributed by atoms with Gasteiger partial charge in [0.1, 0.15) is 23.2 Å². The molecule has 0 saturated carbocycles. The zero-order valence-corrected chi connectivity index (χ0v) is 15.5. The van der Waals surface area contributed by atoms with Crippen LogP contribution in [-0.4, -0.2) is 26.7 Å². The van der Waals surface area contributed by atoms with E-state index < -0.39 is 0 Å². The lowest BCUT2D eigenvalue weighted by Gasteiger charge is -2.06. The van der Waals surface area contributed by atoms with E-state index in [1.54, 1.807) is 24.3 Å². The number of hydrogen-bond donors (Lipinski definition) is 2. The Bertz CT molecular complexity index is 1230. The molecular weight excluding hydrogens is 385 g/mol. The minimum Gasteiger partial charge on any atom is -0.323 e. The van der Waals surface area contributed by atoms with Crippen LogP contribution >= 0.6 is 23.2 Å². The fourth-order valence-corrected chi connectivity index (χ4v) is 3.16. The smallest absolute Gasteiger partial charge is 0.163 e. The van der Waals surface area contributed by atoms with Crippen LogP contribution in [0, 0.1) is 12.3 Å². The molecule has 0 spiro atoms. The molecule has 27 heavy (non-hydrogen) atoms. The average Bonchev–Trinajstić information content (AvgIpc) is 3.07. The van der Waals surface area contributed by atoms with Crippen molar-refractivity contribution in [1.82, 2.24) is 15.0 Å². The molecular formula is C18H11Cl2N7. The molecule has 3 aromatic rings. The molecule has 9 heteroatoms. The Kier molecular flexibility index (Phi) is 4.41. The van der Waals surface area contributed by atoms with E-state index in [1.165, 1.54) is 12.5 Å². The fraction of sp³-hybridized carbons (Fsp3) is 0.0556. The van der Waals surface area contributed by atoms with E-state index in [1.807, 2.05) is 6.92 Å². The lowest BCUT2D eigenvalue weighted by atomic mass is 10.2. The second-order valence-electron chi connectivity index (χ2n) is 5.66. The van der Waals surface area contributed by atoms with E-state index in [2.05, 4.69) is 36.1 Å². The zero-order chi connectivity index (χ0) is 19.0. The predicted molar refractivity (Wildman–Crippen MR) is 105 cm³/mol. The van der Waals surface area contributed by atoms with Gasteiger partial charge in [-0.25, -0.2) is 24.9 Å². The van der Waals surface area contributed by atoms with E-state index in [0.29, 0.717) is 49.3 Å². The van der Waals surface area contributed by atoms with Gasteiger partial charge in [-0.2, -0.15) is 0 Å². The zero-order valence-electron chi connectivity index (χ0n) is 14.0. The summed E-state index contributed by atoms with van der Waals surface area (Å²) in [4.78, 5) is 21.7. The number of fused-ring (bicyclic) bond motifs is 1. The van der Waals surface area contributed by atoms with Crippen molar-refractivity contribution in [3.05, 3.63) is 68.7 Å². The van der Waals surface area contributed by atoms with Crippen molar-refractivity contribution >= 4 is 52.2 Å². The first-order chi connectivity index (χ1) is 13.1. The molecule has 7 nitrogen and oxygen atoms in total. The molecule has 0 aliphatic carbocycles. The Morgan fingerprint density at radius 2 is 1.85 bits per heavy atom. The van der Waals surface area contributed by atoms with E-state index in [-0.39, 0.29) is 0 Å². The predicted octanol–water partition coefficient (Wildman–Crippen LogP) is 2.86. The maximum Gasteiger partial charge on any atom is 0.163 e. The van der Waals surface area contributed by atoms with Gasteiger partial charge >= 0.3 is 0 Å². The Morgan fingerprint density at radius 3 is 2.56 bits per heavy atom. The number of aliphatic imine (C=N–C) groups is 1. The molecule has 0 saturated heterocycles. The highest BCUT2D eigenvalue weighted by Gasteiger charge is 2.20. The number of benzene rings is 1. The summed E-state index contributed by atoms with van der Waals surface area (Å²) in [6, 6.07) is 6.97. The molecule has 1 aliphatic heterocycles. The van der Waals surface area contributed by atoms with Crippen molar-refractivity contribution in [2.75, 3.05) is 5.32 Å². The molecule has 2 N–H and O–H groups in total. The molecule has 4 rings (SSSR count). The summed E-state index contributed by atoms with van der Waals surface area (Å²) >= 11 is 12.6. The number of anilines is 2. The van der Waals surface area contributed by atoms with Gasteiger partial charge in [0.25, 0.3) is 0 Å². The summed E-state index contributed by atoms with van der Waals surface area (Å²) in [7, 11) is 0. The Morgan fingerprint density at radius 1 is 1.07 bits per heavy atom. The largest absolute Gasteiger partial charge is 0.323 e. The quantitative estimate of drug-likeness (QED) is 0.665. The van der Waals surface area contributed by atoms with Crippen molar-refractivity contribution in [3.8, 4) is 0 Å². The van der Waals surface area contributed by atoms with Crippen LogP contribution < -0.4 is 15.9 Å². The summed E-state index contributed by atoms with van der Waals surface area (Å²) in [5.74, 6) is 3.70. The number of nitrogens with one attached hydrogen (secondary N) is 2. The highest BCUT2D eigenvalue weighted by atomic mass is 35.5. The van der Waals surface area contributed by atoms with Crippen molar-refractivity contribution in [2.24, 2.45) is 9.98 Å². The van der Waals surface area contributed by atoms with Gasteiger partial charge in [0.05, 0.1) is 20.8 Å². The van der Waals surface area contributed by atoms with Gasteiger partial charge in [-0.05, 0) is 24.9 Å². The van der Waals surface area contributed by atoms with Gasteiger partial charge in [-0.15, -0.1) is 0 Å². The van der Waals surface area contributed by atoms with Crippen LogP contribution in [0.4, 0.5) is 17.3 Å². The van der Waals surface area contributed by atoms with E-state index in [0.717, 1.165) is 5.69 Å². The maximum atomic E-state index is 7.49. The van der Waals surface area contributed by atoms with Gasteiger partial charge in [0, 0.05) is 18.0 Å². The van der Waals surface area contributed by atoms with Crippen LogP contribution in [0.15, 0.2) is 46.8 Å². The Labute approximate surface area is 163 Å². The van der Waals surface area contributed by atoms with Crippen molar-refractivity contribution in [1.29, 1.82) is 5.41 Å². The monoisotopic (exact) mass is 395 g/mol. The number of rotatable bonds is 3. The number of pyridine rings is 1. The third-order valence-corrected chi connectivity index (χ3v) is 4.46. The highest BCUT2D eigenvalue weighted by molar-refractivity contribution is 6.40. The second-order valence-corrected chi connectivity index (χ2v) is 6.47. The first-order valence-electron chi connectivity index (χ1n) is 7.83. The Hall–Kier alpha value is -3.12. The summed E-state index contributed by atoms with van der Waals surface area (Å²) in [5, 5.41) is 12.4. The molecule has 2 aromatic heterocycles. The van der Waals surface area contributed by atoms with E-state index >= 15 is 0 Å². The number of halogens is 2. The van der Waals surface area contributed by atoms with Crippen LogP contribution in [0.5, 0.6) is 0 Å².